The third-order valence-corrected chi connectivity index (χ3v) is 6.20. The minimum Gasteiger partial charge on any atom is -0.490 e. The first-order valence-corrected chi connectivity index (χ1v) is 11.2. The van der Waals surface area contributed by atoms with E-state index in [1.807, 2.05) is 17.0 Å². The molecule has 0 N–H and O–H groups in total. The third-order valence-electron chi connectivity index (χ3n) is 5.96. The standard InChI is InChI=1S/C23H27ClN4O3/c24-18-5-4-6-19(14-18)31-21-7-12-28(23(30)20-15-25-8-9-26-20)16-17(21)13-22(29)27-10-2-1-3-11-27/h4-6,8-9,14-15,17,21H,1-3,7,10-13,16H2/t17-,21-/m0/s1. The molecule has 2 amide bonds. The molecular weight excluding hydrogens is 416 g/mol. The maximum absolute atomic E-state index is 13.0. The van der Waals surface area contributed by atoms with E-state index in [0.717, 1.165) is 25.9 Å². The Labute approximate surface area is 187 Å². The Morgan fingerprint density at radius 2 is 1.94 bits per heavy atom. The molecule has 2 aliphatic heterocycles. The van der Waals surface area contributed by atoms with Gasteiger partial charge in [0.05, 0.1) is 6.20 Å². The summed E-state index contributed by atoms with van der Waals surface area (Å²) in [5, 5.41) is 0.605. The molecule has 4 rings (SSSR count). The van der Waals surface area contributed by atoms with E-state index < -0.39 is 0 Å². The minimum atomic E-state index is -0.168. The Morgan fingerprint density at radius 1 is 1.10 bits per heavy atom. The fraction of sp³-hybridized carbons (Fsp3) is 0.478. The van der Waals surface area contributed by atoms with Crippen LogP contribution in [0.25, 0.3) is 0 Å². The number of rotatable bonds is 5. The average Bonchev–Trinajstić information content (AvgIpc) is 2.81. The summed E-state index contributed by atoms with van der Waals surface area (Å²) in [4.78, 5) is 37.7. The second-order valence-electron chi connectivity index (χ2n) is 8.15. The van der Waals surface area contributed by atoms with Crippen LogP contribution in [-0.2, 0) is 4.79 Å². The number of hydrogen-bond donors (Lipinski definition) is 0. The first kappa shape index (κ1) is 21.6. The molecule has 2 atom stereocenters. The van der Waals surface area contributed by atoms with Gasteiger partial charge in [0.15, 0.2) is 0 Å². The van der Waals surface area contributed by atoms with Crippen LogP contribution in [0.4, 0.5) is 0 Å². The Kier molecular flexibility index (Phi) is 7.02. The summed E-state index contributed by atoms with van der Waals surface area (Å²) in [5.74, 6) is 0.548. The SMILES string of the molecule is O=C(C[C@H]1CN(C(=O)c2cnccn2)CC[C@@H]1Oc1cccc(Cl)c1)N1CCCCC1. The Morgan fingerprint density at radius 3 is 2.68 bits per heavy atom. The quantitative estimate of drug-likeness (QED) is 0.709. The summed E-state index contributed by atoms with van der Waals surface area (Å²) in [5.41, 5.74) is 0.317. The molecule has 2 fully saturated rings. The lowest BCUT2D eigenvalue weighted by atomic mass is 9.90. The average molecular weight is 443 g/mol. The Bertz CT molecular complexity index is 905. The van der Waals surface area contributed by atoms with E-state index in [1.54, 1.807) is 23.2 Å². The number of hydrogen-bond acceptors (Lipinski definition) is 5. The molecule has 7 nitrogen and oxygen atoms in total. The largest absolute Gasteiger partial charge is 0.490 e. The van der Waals surface area contributed by atoms with Gasteiger partial charge in [0.1, 0.15) is 17.5 Å². The van der Waals surface area contributed by atoms with Gasteiger partial charge in [-0.1, -0.05) is 17.7 Å². The second-order valence-corrected chi connectivity index (χ2v) is 8.59. The van der Waals surface area contributed by atoms with Gasteiger partial charge >= 0.3 is 0 Å². The van der Waals surface area contributed by atoms with Gasteiger partial charge in [0, 0.05) is 62.4 Å². The number of likely N-dealkylation sites (tertiary alicyclic amines) is 2. The molecule has 0 saturated carbocycles. The lowest BCUT2D eigenvalue weighted by Crippen LogP contribution is -2.50. The van der Waals surface area contributed by atoms with Crippen LogP contribution in [0.3, 0.4) is 0 Å². The highest BCUT2D eigenvalue weighted by Gasteiger charge is 2.36. The third kappa shape index (κ3) is 5.53. The van der Waals surface area contributed by atoms with E-state index in [9.17, 15) is 9.59 Å². The molecule has 1 aromatic heterocycles. The molecule has 1 aromatic carbocycles. The van der Waals surface area contributed by atoms with Crippen LogP contribution < -0.4 is 4.74 Å². The first-order valence-electron chi connectivity index (χ1n) is 10.9. The summed E-state index contributed by atoms with van der Waals surface area (Å²) < 4.78 is 6.25. The fourth-order valence-corrected chi connectivity index (χ4v) is 4.51. The molecule has 3 heterocycles. The highest BCUT2D eigenvalue weighted by Crippen LogP contribution is 2.28. The topological polar surface area (TPSA) is 75.6 Å². The molecule has 0 bridgehead atoms. The molecule has 164 valence electrons. The van der Waals surface area contributed by atoms with E-state index in [2.05, 4.69) is 9.97 Å². The predicted molar refractivity (Wildman–Crippen MR) is 117 cm³/mol. The molecule has 0 unspecified atom stereocenters. The number of halogens is 1. The Balaban J connectivity index is 1.49. The van der Waals surface area contributed by atoms with Gasteiger partial charge in [0.25, 0.3) is 5.91 Å². The number of ether oxygens (including phenoxy) is 1. The molecule has 2 aliphatic rings. The van der Waals surface area contributed by atoms with Crippen molar-refractivity contribution in [2.45, 2.75) is 38.2 Å². The van der Waals surface area contributed by atoms with Crippen molar-refractivity contribution in [3.05, 3.63) is 53.6 Å². The number of piperidine rings is 2. The van der Waals surface area contributed by atoms with Crippen molar-refractivity contribution in [2.24, 2.45) is 5.92 Å². The maximum Gasteiger partial charge on any atom is 0.274 e. The number of amides is 2. The number of carbonyl (C=O) groups excluding carboxylic acids is 2. The van der Waals surface area contributed by atoms with Crippen LogP contribution in [0.15, 0.2) is 42.9 Å². The van der Waals surface area contributed by atoms with Crippen molar-refractivity contribution >= 4 is 23.4 Å². The van der Waals surface area contributed by atoms with E-state index in [-0.39, 0.29) is 23.8 Å². The van der Waals surface area contributed by atoms with Crippen molar-refractivity contribution in [3.8, 4) is 5.75 Å². The number of aromatic nitrogens is 2. The lowest BCUT2D eigenvalue weighted by Gasteiger charge is -2.39. The van der Waals surface area contributed by atoms with Gasteiger partial charge in [-0.2, -0.15) is 0 Å². The molecule has 2 saturated heterocycles. The van der Waals surface area contributed by atoms with Crippen LogP contribution in [0, 0.1) is 5.92 Å². The van der Waals surface area contributed by atoms with E-state index in [4.69, 9.17) is 16.3 Å². The van der Waals surface area contributed by atoms with E-state index >= 15 is 0 Å². The first-order chi connectivity index (χ1) is 15.1. The fourth-order valence-electron chi connectivity index (χ4n) is 4.33. The van der Waals surface area contributed by atoms with Crippen molar-refractivity contribution in [3.63, 3.8) is 0 Å². The molecule has 0 radical (unpaired) electrons. The van der Waals surface area contributed by atoms with Crippen LogP contribution in [0.2, 0.25) is 5.02 Å². The van der Waals surface area contributed by atoms with Crippen molar-refractivity contribution in [1.82, 2.24) is 19.8 Å². The van der Waals surface area contributed by atoms with Crippen molar-refractivity contribution in [2.75, 3.05) is 26.2 Å². The molecule has 0 spiro atoms. The smallest absolute Gasteiger partial charge is 0.274 e. The monoisotopic (exact) mass is 442 g/mol. The van der Waals surface area contributed by atoms with Gasteiger partial charge in [-0.3, -0.25) is 14.6 Å². The molecule has 8 heteroatoms. The van der Waals surface area contributed by atoms with Crippen LogP contribution in [0.1, 0.15) is 42.6 Å². The zero-order chi connectivity index (χ0) is 21.6. The van der Waals surface area contributed by atoms with Gasteiger partial charge in [-0.15, -0.1) is 0 Å². The molecule has 0 aliphatic carbocycles. The van der Waals surface area contributed by atoms with Crippen LogP contribution in [0.5, 0.6) is 5.75 Å². The summed E-state index contributed by atoms with van der Waals surface area (Å²) in [6.45, 7) is 2.61. The van der Waals surface area contributed by atoms with E-state index in [0.29, 0.717) is 42.4 Å². The maximum atomic E-state index is 13.0. The van der Waals surface area contributed by atoms with Crippen LogP contribution in [-0.4, -0.2) is 63.9 Å². The zero-order valence-corrected chi connectivity index (χ0v) is 18.2. The second kappa shape index (κ2) is 10.1. The van der Waals surface area contributed by atoms with Crippen LogP contribution >= 0.6 is 11.6 Å². The van der Waals surface area contributed by atoms with Crippen molar-refractivity contribution < 1.29 is 14.3 Å². The molecule has 31 heavy (non-hydrogen) atoms. The van der Waals surface area contributed by atoms with Gasteiger partial charge in [0.2, 0.25) is 5.91 Å². The lowest BCUT2D eigenvalue weighted by molar-refractivity contribution is -0.134. The van der Waals surface area contributed by atoms with Gasteiger partial charge < -0.3 is 14.5 Å². The van der Waals surface area contributed by atoms with Crippen molar-refractivity contribution in [1.29, 1.82) is 0 Å². The van der Waals surface area contributed by atoms with E-state index in [1.165, 1.54) is 18.8 Å². The van der Waals surface area contributed by atoms with Gasteiger partial charge in [-0.25, -0.2) is 4.98 Å². The Hall–Kier alpha value is -2.67. The molecular formula is C23H27ClN4O3. The number of benzene rings is 1. The zero-order valence-electron chi connectivity index (χ0n) is 17.5. The minimum absolute atomic E-state index is 0.109. The normalized spacial score (nSPS) is 21.6. The summed E-state index contributed by atoms with van der Waals surface area (Å²) in [6, 6.07) is 7.29. The summed E-state index contributed by atoms with van der Waals surface area (Å²) in [7, 11) is 0. The highest BCUT2D eigenvalue weighted by atomic mass is 35.5. The highest BCUT2D eigenvalue weighted by molar-refractivity contribution is 6.30. The van der Waals surface area contributed by atoms with Gasteiger partial charge in [-0.05, 0) is 37.5 Å². The molecule has 2 aromatic rings. The number of carbonyl (C=O) groups is 2. The predicted octanol–water partition coefficient (Wildman–Crippen LogP) is 3.44. The summed E-state index contributed by atoms with van der Waals surface area (Å²) in [6.07, 6.45) is 8.64. The summed E-state index contributed by atoms with van der Waals surface area (Å²) >= 11 is 6.11. The number of nitrogens with zero attached hydrogens (tertiary/aromatic N) is 4.